The number of nitrogens with zero attached hydrogens (tertiary/aromatic N) is 2. The lowest BCUT2D eigenvalue weighted by molar-refractivity contribution is -0.142. The Kier molecular flexibility index (Phi) is 7.50. The standard InChI is InChI=1S/C27H32N2O5/c1-18-6-3-4-7-21(18)17-33-22-11-9-20(10-12-22)15-25(30)29-13-5-8-24(29)26-28-16-23(34-26)14-19(2)27(31)32/h3-4,6-7,9-12,19,23-24H,5,8,13-17H2,1-2H3,(H,31,32). The van der Waals surface area contributed by atoms with E-state index in [0.717, 1.165) is 29.7 Å². The number of ether oxygens (including phenoxy) is 2. The van der Waals surface area contributed by atoms with Crippen LogP contribution in [-0.2, 0) is 27.4 Å². The van der Waals surface area contributed by atoms with Crippen LogP contribution in [0.5, 0.6) is 5.75 Å². The number of aryl methyl sites for hydroxylation is 1. The number of likely N-dealkylation sites (tertiary alicyclic amines) is 1. The van der Waals surface area contributed by atoms with Crippen LogP contribution >= 0.6 is 0 Å². The maximum atomic E-state index is 13.1. The maximum absolute atomic E-state index is 13.1. The van der Waals surface area contributed by atoms with Gasteiger partial charge in [-0.15, -0.1) is 0 Å². The molecule has 7 heteroatoms. The van der Waals surface area contributed by atoms with Crippen LogP contribution in [0, 0.1) is 12.8 Å². The quantitative estimate of drug-likeness (QED) is 0.606. The van der Waals surface area contributed by atoms with Gasteiger partial charge < -0.3 is 19.5 Å². The first kappa shape index (κ1) is 23.8. The van der Waals surface area contributed by atoms with Gasteiger partial charge in [0.15, 0.2) is 0 Å². The third-order valence-electron chi connectivity index (χ3n) is 6.57. The SMILES string of the molecule is Cc1ccccc1COc1ccc(CC(=O)N2CCCC2C2=NCC(CC(C)C(=O)O)O2)cc1. The van der Waals surface area contributed by atoms with E-state index in [9.17, 15) is 9.59 Å². The minimum Gasteiger partial charge on any atom is -0.489 e. The van der Waals surface area contributed by atoms with Crippen LogP contribution in [0.15, 0.2) is 53.5 Å². The average Bonchev–Trinajstić information content (AvgIpc) is 3.49. The molecular weight excluding hydrogens is 432 g/mol. The molecule has 4 rings (SSSR count). The largest absolute Gasteiger partial charge is 0.489 e. The number of benzene rings is 2. The summed E-state index contributed by atoms with van der Waals surface area (Å²) in [4.78, 5) is 30.5. The predicted molar refractivity (Wildman–Crippen MR) is 129 cm³/mol. The summed E-state index contributed by atoms with van der Waals surface area (Å²) in [5, 5.41) is 9.13. The number of rotatable bonds is 9. The highest BCUT2D eigenvalue weighted by molar-refractivity contribution is 5.90. The number of carbonyl (C=O) groups excluding carboxylic acids is 1. The van der Waals surface area contributed by atoms with E-state index < -0.39 is 11.9 Å². The molecule has 1 fully saturated rings. The van der Waals surface area contributed by atoms with Gasteiger partial charge in [0.1, 0.15) is 24.5 Å². The van der Waals surface area contributed by atoms with Crippen molar-refractivity contribution in [2.24, 2.45) is 10.9 Å². The molecule has 0 spiro atoms. The fourth-order valence-electron chi connectivity index (χ4n) is 4.47. The van der Waals surface area contributed by atoms with Gasteiger partial charge in [-0.05, 0) is 55.0 Å². The Bertz CT molecular complexity index is 1050. The van der Waals surface area contributed by atoms with Crippen molar-refractivity contribution < 1.29 is 24.2 Å². The summed E-state index contributed by atoms with van der Waals surface area (Å²) in [5.41, 5.74) is 3.28. The van der Waals surface area contributed by atoms with E-state index in [1.807, 2.05) is 41.3 Å². The van der Waals surface area contributed by atoms with Crippen LogP contribution < -0.4 is 4.74 Å². The highest BCUT2D eigenvalue weighted by Crippen LogP contribution is 2.26. The second-order valence-corrected chi connectivity index (χ2v) is 9.17. The van der Waals surface area contributed by atoms with Crippen molar-refractivity contribution in [3.63, 3.8) is 0 Å². The van der Waals surface area contributed by atoms with Gasteiger partial charge in [0.2, 0.25) is 11.8 Å². The van der Waals surface area contributed by atoms with E-state index in [4.69, 9.17) is 14.6 Å². The summed E-state index contributed by atoms with van der Waals surface area (Å²) >= 11 is 0. The first-order valence-electron chi connectivity index (χ1n) is 11.9. The lowest BCUT2D eigenvalue weighted by Gasteiger charge is -2.25. The summed E-state index contributed by atoms with van der Waals surface area (Å²) < 4.78 is 11.9. The van der Waals surface area contributed by atoms with Crippen LogP contribution in [0.1, 0.15) is 42.9 Å². The molecule has 2 aliphatic heterocycles. The van der Waals surface area contributed by atoms with Crippen molar-refractivity contribution in [1.29, 1.82) is 0 Å². The molecule has 34 heavy (non-hydrogen) atoms. The molecule has 2 aromatic carbocycles. The van der Waals surface area contributed by atoms with Crippen molar-refractivity contribution in [3.05, 3.63) is 65.2 Å². The van der Waals surface area contributed by atoms with Crippen molar-refractivity contribution in [2.45, 2.75) is 58.3 Å². The van der Waals surface area contributed by atoms with Gasteiger partial charge in [0, 0.05) is 6.54 Å². The molecule has 0 aliphatic carbocycles. The minimum atomic E-state index is -0.832. The van der Waals surface area contributed by atoms with E-state index in [2.05, 4.69) is 24.0 Å². The van der Waals surface area contributed by atoms with E-state index in [1.54, 1.807) is 6.92 Å². The molecule has 1 saturated heterocycles. The number of carbonyl (C=O) groups is 2. The first-order valence-corrected chi connectivity index (χ1v) is 11.9. The molecule has 0 aromatic heterocycles. The molecule has 3 unspecified atom stereocenters. The Hall–Kier alpha value is -3.35. The van der Waals surface area contributed by atoms with E-state index in [0.29, 0.717) is 38.4 Å². The predicted octanol–water partition coefficient (Wildman–Crippen LogP) is 4.02. The number of aliphatic imine (C=N–C) groups is 1. The Morgan fingerprint density at radius 2 is 1.97 bits per heavy atom. The minimum absolute atomic E-state index is 0.0460. The summed E-state index contributed by atoms with van der Waals surface area (Å²) in [6.07, 6.45) is 2.21. The van der Waals surface area contributed by atoms with Crippen LogP contribution in [-0.4, -0.2) is 53.0 Å². The summed E-state index contributed by atoms with van der Waals surface area (Å²) in [6.45, 7) is 5.38. The molecular formula is C27H32N2O5. The van der Waals surface area contributed by atoms with Crippen molar-refractivity contribution >= 4 is 17.8 Å². The molecule has 3 atom stereocenters. The van der Waals surface area contributed by atoms with Gasteiger partial charge >= 0.3 is 5.97 Å². The maximum Gasteiger partial charge on any atom is 0.306 e. The second-order valence-electron chi connectivity index (χ2n) is 9.17. The number of aliphatic carboxylic acids is 1. The number of amides is 1. The van der Waals surface area contributed by atoms with Crippen molar-refractivity contribution in [2.75, 3.05) is 13.1 Å². The normalized spacial score (nSPS) is 20.5. The van der Waals surface area contributed by atoms with Crippen LogP contribution in [0.4, 0.5) is 0 Å². The summed E-state index contributed by atoms with van der Waals surface area (Å²) in [6, 6.07) is 15.7. The molecule has 0 saturated carbocycles. The van der Waals surface area contributed by atoms with Crippen LogP contribution in [0.3, 0.4) is 0 Å². The zero-order valence-electron chi connectivity index (χ0n) is 19.8. The molecule has 1 amide bonds. The van der Waals surface area contributed by atoms with Crippen molar-refractivity contribution in [3.8, 4) is 5.75 Å². The van der Waals surface area contributed by atoms with E-state index in [-0.39, 0.29) is 18.1 Å². The first-order chi connectivity index (χ1) is 16.4. The highest BCUT2D eigenvalue weighted by atomic mass is 16.5. The number of hydrogen-bond donors (Lipinski definition) is 1. The Morgan fingerprint density at radius 1 is 1.21 bits per heavy atom. The fraction of sp³-hybridized carbons (Fsp3) is 0.444. The molecule has 7 nitrogen and oxygen atoms in total. The van der Waals surface area contributed by atoms with Gasteiger partial charge in [-0.3, -0.25) is 9.59 Å². The third-order valence-corrected chi connectivity index (χ3v) is 6.57. The third kappa shape index (κ3) is 5.76. The van der Waals surface area contributed by atoms with E-state index >= 15 is 0 Å². The Morgan fingerprint density at radius 3 is 2.71 bits per heavy atom. The fourth-order valence-corrected chi connectivity index (χ4v) is 4.47. The lowest BCUT2D eigenvalue weighted by atomic mass is 10.0. The zero-order chi connectivity index (χ0) is 24.1. The summed E-state index contributed by atoms with van der Waals surface area (Å²) in [5.74, 6) is 0.0813. The van der Waals surface area contributed by atoms with Gasteiger partial charge in [-0.25, -0.2) is 4.99 Å². The zero-order valence-corrected chi connectivity index (χ0v) is 19.8. The molecule has 1 N–H and O–H groups in total. The van der Waals surface area contributed by atoms with Gasteiger partial charge in [-0.2, -0.15) is 0 Å². The molecule has 2 aliphatic rings. The topological polar surface area (TPSA) is 88.4 Å². The molecule has 180 valence electrons. The highest BCUT2D eigenvalue weighted by Gasteiger charge is 2.37. The lowest BCUT2D eigenvalue weighted by Crippen LogP contribution is -2.42. The number of carboxylic acids is 1. The Labute approximate surface area is 200 Å². The van der Waals surface area contributed by atoms with Gasteiger partial charge in [0.25, 0.3) is 0 Å². The van der Waals surface area contributed by atoms with Crippen molar-refractivity contribution in [1.82, 2.24) is 4.90 Å². The van der Waals surface area contributed by atoms with E-state index in [1.165, 1.54) is 5.56 Å². The molecule has 0 bridgehead atoms. The molecule has 0 radical (unpaired) electrons. The second kappa shape index (κ2) is 10.7. The number of carboxylic acid groups (broad SMARTS) is 1. The molecule has 2 aromatic rings. The molecule has 2 heterocycles. The van der Waals surface area contributed by atoms with Crippen LogP contribution in [0.2, 0.25) is 0 Å². The van der Waals surface area contributed by atoms with Gasteiger partial charge in [0.05, 0.1) is 18.9 Å². The number of hydrogen-bond acceptors (Lipinski definition) is 5. The average molecular weight is 465 g/mol. The smallest absolute Gasteiger partial charge is 0.306 e. The summed E-state index contributed by atoms with van der Waals surface area (Å²) in [7, 11) is 0. The van der Waals surface area contributed by atoms with Gasteiger partial charge in [-0.1, -0.05) is 43.3 Å². The Balaban J connectivity index is 1.30. The monoisotopic (exact) mass is 464 g/mol. The van der Waals surface area contributed by atoms with Crippen LogP contribution in [0.25, 0.3) is 0 Å².